The van der Waals surface area contributed by atoms with Crippen LogP contribution < -0.4 is 10.6 Å². The minimum atomic E-state index is -0.394. The second-order valence-electron chi connectivity index (χ2n) is 4.89. The highest BCUT2D eigenvalue weighted by molar-refractivity contribution is 5.94. The molecule has 118 valence electrons. The van der Waals surface area contributed by atoms with Gasteiger partial charge in [-0.15, -0.1) is 14.8 Å². The zero-order valence-electron chi connectivity index (χ0n) is 12.3. The maximum absolute atomic E-state index is 13.4. The number of amides is 1. The Morgan fingerprint density at radius 2 is 2.13 bits per heavy atom. The Kier molecular flexibility index (Phi) is 4.09. The van der Waals surface area contributed by atoms with Crippen LogP contribution >= 0.6 is 0 Å². The smallest absolute Gasteiger partial charge is 0.251 e. The molecule has 23 heavy (non-hydrogen) atoms. The molecule has 0 bridgehead atoms. The van der Waals surface area contributed by atoms with Gasteiger partial charge in [0.1, 0.15) is 11.6 Å². The Bertz CT molecular complexity index is 848. The lowest BCUT2D eigenvalue weighted by Gasteiger charge is -2.08. The van der Waals surface area contributed by atoms with Gasteiger partial charge in [-0.25, -0.2) is 4.39 Å². The molecule has 2 aromatic heterocycles. The summed E-state index contributed by atoms with van der Waals surface area (Å²) in [5.41, 5.74) is 1.35. The van der Waals surface area contributed by atoms with E-state index >= 15 is 0 Å². The third kappa shape index (κ3) is 3.39. The number of nitrogens with zero attached hydrogens (tertiary/aromatic N) is 5. The predicted molar refractivity (Wildman–Crippen MR) is 80.5 cm³/mol. The summed E-state index contributed by atoms with van der Waals surface area (Å²) >= 11 is 0. The normalized spacial score (nSPS) is 10.7. The molecule has 1 amide bonds. The largest absolute Gasteiger partial charge is 0.367 e. The molecule has 0 aliphatic carbocycles. The van der Waals surface area contributed by atoms with Crippen LogP contribution in [-0.2, 0) is 0 Å². The molecule has 1 aromatic carbocycles. The van der Waals surface area contributed by atoms with Crippen molar-refractivity contribution in [3.8, 4) is 0 Å². The van der Waals surface area contributed by atoms with Crippen LogP contribution in [0.25, 0.3) is 5.65 Å². The third-order valence-electron chi connectivity index (χ3n) is 3.22. The van der Waals surface area contributed by atoms with Gasteiger partial charge < -0.3 is 10.6 Å². The number of benzene rings is 1. The Morgan fingerprint density at radius 1 is 1.26 bits per heavy atom. The maximum atomic E-state index is 13.4. The lowest BCUT2D eigenvalue weighted by Crippen LogP contribution is -2.29. The predicted octanol–water partition coefficient (Wildman–Crippen LogP) is 0.809. The Balaban J connectivity index is 1.50. The third-order valence-corrected chi connectivity index (χ3v) is 3.22. The number of carbonyl (C=O) groups is 1. The molecule has 0 unspecified atom stereocenters. The molecule has 9 heteroatoms. The highest BCUT2D eigenvalue weighted by atomic mass is 19.1. The lowest BCUT2D eigenvalue weighted by molar-refractivity contribution is 0.0954. The van der Waals surface area contributed by atoms with Gasteiger partial charge in [-0.1, -0.05) is 6.07 Å². The summed E-state index contributed by atoms with van der Waals surface area (Å²) in [5, 5.41) is 20.8. The van der Waals surface area contributed by atoms with Crippen LogP contribution in [0.5, 0.6) is 0 Å². The SMILES string of the molecule is Cc1ccc(C(=O)NCCNc2ccc3nnnn3n2)cc1F. The number of tetrazole rings is 1. The molecule has 2 heterocycles. The van der Waals surface area contributed by atoms with E-state index in [0.717, 1.165) is 0 Å². The van der Waals surface area contributed by atoms with Crippen molar-refractivity contribution in [3.05, 3.63) is 47.3 Å². The second kappa shape index (κ2) is 6.34. The van der Waals surface area contributed by atoms with E-state index in [1.807, 2.05) is 0 Å². The average Bonchev–Trinajstić information content (AvgIpc) is 3.01. The number of anilines is 1. The Morgan fingerprint density at radius 3 is 2.96 bits per heavy atom. The van der Waals surface area contributed by atoms with Crippen LogP contribution in [0.3, 0.4) is 0 Å². The number of rotatable bonds is 5. The first kappa shape index (κ1) is 14.8. The van der Waals surface area contributed by atoms with Crippen LogP contribution in [0.4, 0.5) is 10.2 Å². The fourth-order valence-electron chi connectivity index (χ4n) is 1.95. The topological polar surface area (TPSA) is 97.1 Å². The molecular weight excluding hydrogens is 301 g/mol. The van der Waals surface area contributed by atoms with Crippen molar-refractivity contribution < 1.29 is 9.18 Å². The van der Waals surface area contributed by atoms with Crippen LogP contribution in [0.1, 0.15) is 15.9 Å². The first-order valence-corrected chi connectivity index (χ1v) is 6.97. The van der Waals surface area contributed by atoms with Gasteiger partial charge in [0, 0.05) is 18.7 Å². The number of fused-ring (bicyclic) bond motifs is 1. The fraction of sp³-hybridized carbons (Fsp3) is 0.214. The van der Waals surface area contributed by atoms with Gasteiger partial charge in [0.15, 0.2) is 5.65 Å². The zero-order valence-corrected chi connectivity index (χ0v) is 12.3. The molecule has 0 saturated carbocycles. The summed E-state index contributed by atoms with van der Waals surface area (Å²) in [6.07, 6.45) is 0. The summed E-state index contributed by atoms with van der Waals surface area (Å²) in [7, 11) is 0. The molecule has 3 rings (SSSR count). The Hall–Kier alpha value is -3.10. The number of carbonyl (C=O) groups excluding carboxylic acids is 1. The van der Waals surface area contributed by atoms with Crippen LogP contribution in [0.2, 0.25) is 0 Å². The van der Waals surface area contributed by atoms with Gasteiger partial charge in [-0.3, -0.25) is 4.79 Å². The lowest BCUT2D eigenvalue weighted by atomic mass is 10.1. The van der Waals surface area contributed by atoms with Crippen molar-refractivity contribution in [2.45, 2.75) is 6.92 Å². The number of aryl methyl sites for hydroxylation is 1. The minimum absolute atomic E-state index is 0.293. The van der Waals surface area contributed by atoms with Crippen molar-refractivity contribution in [3.63, 3.8) is 0 Å². The highest BCUT2D eigenvalue weighted by Crippen LogP contribution is 2.09. The van der Waals surface area contributed by atoms with E-state index in [1.54, 1.807) is 31.2 Å². The molecule has 2 N–H and O–H groups in total. The summed E-state index contributed by atoms with van der Waals surface area (Å²) < 4.78 is 14.7. The molecule has 3 aromatic rings. The van der Waals surface area contributed by atoms with E-state index in [0.29, 0.717) is 35.7 Å². The summed E-state index contributed by atoms with van der Waals surface area (Å²) in [5.74, 6) is -0.135. The van der Waals surface area contributed by atoms with Crippen LogP contribution in [0, 0.1) is 12.7 Å². The molecule has 0 atom stereocenters. The molecule has 0 aliphatic heterocycles. The van der Waals surface area contributed by atoms with E-state index in [-0.39, 0.29) is 5.91 Å². The minimum Gasteiger partial charge on any atom is -0.367 e. The van der Waals surface area contributed by atoms with Crippen molar-refractivity contribution in [1.82, 2.24) is 30.6 Å². The number of nitrogens with one attached hydrogen (secondary N) is 2. The van der Waals surface area contributed by atoms with E-state index in [4.69, 9.17) is 0 Å². The van der Waals surface area contributed by atoms with Gasteiger partial charge >= 0.3 is 0 Å². The summed E-state index contributed by atoms with van der Waals surface area (Å²) in [4.78, 5) is 11.9. The van der Waals surface area contributed by atoms with Crippen molar-refractivity contribution in [2.75, 3.05) is 18.4 Å². The van der Waals surface area contributed by atoms with E-state index in [9.17, 15) is 9.18 Å². The maximum Gasteiger partial charge on any atom is 0.251 e. The molecule has 0 saturated heterocycles. The van der Waals surface area contributed by atoms with Gasteiger partial charge in [0.2, 0.25) is 0 Å². The second-order valence-corrected chi connectivity index (χ2v) is 4.89. The highest BCUT2D eigenvalue weighted by Gasteiger charge is 2.07. The zero-order chi connectivity index (χ0) is 16.2. The summed E-state index contributed by atoms with van der Waals surface area (Å²) in [6, 6.07) is 7.86. The van der Waals surface area contributed by atoms with E-state index in [1.165, 1.54) is 10.7 Å². The first-order valence-electron chi connectivity index (χ1n) is 6.97. The van der Waals surface area contributed by atoms with Gasteiger partial charge in [0.05, 0.1) is 0 Å². The number of hydrogen-bond donors (Lipinski definition) is 2. The van der Waals surface area contributed by atoms with Crippen molar-refractivity contribution >= 4 is 17.4 Å². The fourth-order valence-corrected chi connectivity index (χ4v) is 1.95. The number of hydrogen-bond acceptors (Lipinski definition) is 6. The average molecular weight is 315 g/mol. The van der Waals surface area contributed by atoms with Crippen molar-refractivity contribution in [1.29, 1.82) is 0 Å². The first-order chi connectivity index (χ1) is 11.1. The van der Waals surface area contributed by atoms with Crippen LogP contribution in [-0.4, -0.2) is 44.3 Å². The Labute approximate surface area is 130 Å². The quantitative estimate of drug-likeness (QED) is 0.676. The van der Waals surface area contributed by atoms with Crippen molar-refractivity contribution in [2.24, 2.45) is 0 Å². The molecule has 0 fully saturated rings. The molecule has 0 radical (unpaired) electrons. The molecule has 0 aliphatic rings. The molecule has 0 spiro atoms. The summed E-state index contributed by atoms with van der Waals surface area (Å²) in [6.45, 7) is 2.47. The van der Waals surface area contributed by atoms with E-state index in [2.05, 4.69) is 31.3 Å². The number of aromatic nitrogens is 5. The van der Waals surface area contributed by atoms with Gasteiger partial charge in [-0.05, 0) is 47.2 Å². The van der Waals surface area contributed by atoms with Gasteiger partial charge in [-0.2, -0.15) is 0 Å². The number of halogens is 1. The molecular formula is C14H14FN7O. The van der Waals surface area contributed by atoms with Crippen LogP contribution in [0.15, 0.2) is 30.3 Å². The monoisotopic (exact) mass is 315 g/mol. The van der Waals surface area contributed by atoms with E-state index < -0.39 is 5.82 Å². The molecule has 8 nitrogen and oxygen atoms in total. The van der Waals surface area contributed by atoms with Gasteiger partial charge in [0.25, 0.3) is 5.91 Å². The standard InChI is InChI=1S/C14H14FN7O/c1-9-2-3-10(8-11(9)15)14(23)17-7-6-16-12-4-5-13-18-20-21-22(13)19-12/h2-5,8H,6-7H2,1H3,(H,16,19)(H,17,23).